The summed E-state index contributed by atoms with van der Waals surface area (Å²) < 4.78 is 5.21. The monoisotopic (exact) mass is 355 g/mol. The van der Waals surface area contributed by atoms with Crippen LogP contribution < -0.4 is 10.1 Å². The number of carbonyl (C=O) groups excluding carboxylic acids is 1. The average Bonchev–Trinajstić information content (AvgIpc) is 2.60. The maximum absolute atomic E-state index is 12.5. The number of nitrogens with one attached hydrogen (secondary N) is 1. The Morgan fingerprint density at radius 3 is 2.46 bits per heavy atom. The molecule has 1 amide bonds. The minimum atomic E-state index is -1.01. The number of benzene rings is 2. The van der Waals surface area contributed by atoms with E-state index in [9.17, 15) is 14.7 Å². The van der Waals surface area contributed by atoms with Crippen molar-refractivity contribution in [2.24, 2.45) is 0 Å². The van der Waals surface area contributed by atoms with Gasteiger partial charge in [0.2, 0.25) is 5.91 Å². The molecule has 0 spiro atoms. The largest absolute Gasteiger partial charge is 0.497 e. The van der Waals surface area contributed by atoms with Crippen LogP contribution in [0.3, 0.4) is 0 Å². The van der Waals surface area contributed by atoms with Crippen LogP contribution in [0.5, 0.6) is 5.75 Å². The summed E-state index contributed by atoms with van der Waals surface area (Å²) in [7, 11) is 1.55. The zero-order valence-corrected chi connectivity index (χ0v) is 15.4. The number of hydrogen-bond acceptors (Lipinski definition) is 3. The molecule has 0 aliphatic rings. The van der Waals surface area contributed by atoms with E-state index in [4.69, 9.17) is 4.74 Å². The van der Waals surface area contributed by atoms with Crippen LogP contribution in [0.4, 0.5) is 0 Å². The first-order chi connectivity index (χ1) is 12.3. The summed E-state index contributed by atoms with van der Waals surface area (Å²) >= 11 is 0. The molecule has 26 heavy (non-hydrogen) atoms. The lowest BCUT2D eigenvalue weighted by molar-refractivity contribution is -0.139. The maximum atomic E-state index is 12.5. The number of carboxylic acids is 1. The van der Waals surface area contributed by atoms with E-state index in [2.05, 4.69) is 5.32 Å². The average molecular weight is 355 g/mol. The fourth-order valence-corrected chi connectivity index (χ4v) is 2.87. The molecule has 2 aromatic rings. The molecule has 2 N–H and O–H groups in total. The SMILES string of the molecule is COc1cccc(C(C)(CC(=O)O)NC(=O)CCc2ccc(C)cc2)c1. The summed E-state index contributed by atoms with van der Waals surface area (Å²) in [5.41, 5.74) is 1.94. The third-order valence-electron chi connectivity index (χ3n) is 4.39. The number of carboxylic acid groups (broad SMARTS) is 1. The van der Waals surface area contributed by atoms with Gasteiger partial charge in [0, 0.05) is 6.42 Å². The highest BCUT2D eigenvalue weighted by atomic mass is 16.5. The summed E-state index contributed by atoms with van der Waals surface area (Å²) in [6.07, 6.45) is 0.687. The topological polar surface area (TPSA) is 75.6 Å². The number of carbonyl (C=O) groups is 2. The lowest BCUT2D eigenvalue weighted by Crippen LogP contribution is -2.45. The van der Waals surface area contributed by atoms with Crippen molar-refractivity contribution in [1.29, 1.82) is 0 Å². The van der Waals surface area contributed by atoms with Gasteiger partial charge < -0.3 is 15.2 Å². The molecule has 0 fully saturated rings. The van der Waals surface area contributed by atoms with Gasteiger partial charge in [0.15, 0.2) is 0 Å². The number of aryl methyl sites for hydroxylation is 2. The fourth-order valence-electron chi connectivity index (χ4n) is 2.87. The van der Waals surface area contributed by atoms with Gasteiger partial charge >= 0.3 is 5.97 Å². The molecule has 0 radical (unpaired) electrons. The third-order valence-corrected chi connectivity index (χ3v) is 4.39. The zero-order valence-electron chi connectivity index (χ0n) is 15.4. The third kappa shape index (κ3) is 5.34. The van der Waals surface area contributed by atoms with Gasteiger partial charge in [0.25, 0.3) is 0 Å². The Morgan fingerprint density at radius 1 is 1.15 bits per heavy atom. The Bertz CT molecular complexity index is 770. The van der Waals surface area contributed by atoms with E-state index in [1.165, 1.54) is 5.56 Å². The molecule has 0 bridgehead atoms. The van der Waals surface area contributed by atoms with Crippen LogP contribution in [0, 0.1) is 6.92 Å². The van der Waals surface area contributed by atoms with Crippen molar-refractivity contribution in [1.82, 2.24) is 5.32 Å². The molecule has 138 valence electrons. The normalized spacial score (nSPS) is 12.9. The van der Waals surface area contributed by atoms with E-state index in [0.717, 1.165) is 5.56 Å². The minimum Gasteiger partial charge on any atom is -0.497 e. The van der Waals surface area contributed by atoms with E-state index in [1.54, 1.807) is 38.3 Å². The van der Waals surface area contributed by atoms with E-state index < -0.39 is 11.5 Å². The molecule has 0 aromatic heterocycles. The van der Waals surface area contributed by atoms with Gasteiger partial charge in [-0.25, -0.2) is 0 Å². The van der Waals surface area contributed by atoms with Crippen LogP contribution in [0.15, 0.2) is 48.5 Å². The standard InChI is InChI=1S/C21H25NO4/c1-15-7-9-16(10-8-15)11-12-19(23)22-21(2,14-20(24)25)17-5-4-6-18(13-17)26-3/h4-10,13H,11-12,14H2,1-3H3,(H,22,23)(H,24,25). The van der Waals surface area contributed by atoms with Crippen molar-refractivity contribution in [3.8, 4) is 5.75 Å². The van der Waals surface area contributed by atoms with E-state index in [1.807, 2.05) is 31.2 Å². The quantitative estimate of drug-likeness (QED) is 0.760. The molecule has 0 aliphatic carbocycles. The highest BCUT2D eigenvalue weighted by Gasteiger charge is 2.31. The van der Waals surface area contributed by atoms with Gasteiger partial charge in [-0.3, -0.25) is 9.59 Å². The first-order valence-electron chi connectivity index (χ1n) is 8.55. The highest BCUT2D eigenvalue weighted by Crippen LogP contribution is 2.28. The molecule has 5 nitrogen and oxygen atoms in total. The van der Waals surface area contributed by atoms with Gasteiger partial charge in [-0.1, -0.05) is 42.0 Å². The number of ether oxygens (including phenoxy) is 1. The zero-order chi connectivity index (χ0) is 19.2. The van der Waals surface area contributed by atoms with Crippen molar-refractivity contribution in [3.05, 3.63) is 65.2 Å². The second-order valence-corrected chi connectivity index (χ2v) is 6.67. The van der Waals surface area contributed by atoms with E-state index in [-0.39, 0.29) is 12.3 Å². The number of methoxy groups -OCH3 is 1. The number of amides is 1. The van der Waals surface area contributed by atoms with Crippen LogP contribution >= 0.6 is 0 Å². The summed E-state index contributed by atoms with van der Waals surface area (Å²) in [6.45, 7) is 3.74. The molecule has 1 atom stereocenters. The molecule has 0 saturated carbocycles. The van der Waals surface area contributed by atoms with Crippen molar-refractivity contribution >= 4 is 11.9 Å². The number of aliphatic carboxylic acids is 1. The van der Waals surface area contributed by atoms with Crippen molar-refractivity contribution in [2.75, 3.05) is 7.11 Å². The first-order valence-corrected chi connectivity index (χ1v) is 8.55. The lowest BCUT2D eigenvalue weighted by Gasteiger charge is -2.30. The van der Waals surface area contributed by atoms with Gasteiger partial charge in [-0.2, -0.15) is 0 Å². The Labute approximate surface area is 154 Å². The van der Waals surface area contributed by atoms with Crippen LogP contribution in [0.1, 0.15) is 36.5 Å². The highest BCUT2D eigenvalue weighted by molar-refractivity contribution is 5.79. The molecular formula is C21H25NO4. The second kappa shape index (κ2) is 8.52. The predicted octanol–water partition coefficient (Wildman–Crippen LogP) is 3.44. The molecular weight excluding hydrogens is 330 g/mol. The van der Waals surface area contributed by atoms with E-state index >= 15 is 0 Å². The summed E-state index contributed by atoms with van der Waals surface area (Å²) in [4.78, 5) is 23.8. The molecule has 5 heteroatoms. The predicted molar refractivity (Wildman–Crippen MR) is 100 cm³/mol. The molecule has 0 saturated heterocycles. The first kappa shape index (κ1) is 19.5. The minimum absolute atomic E-state index is 0.183. The summed E-state index contributed by atoms with van der Waals surface area (Å²) in [6, 6.07) is 15.1. The van der Waals surface area contributed by atoms with Crippen molar-refractivity contribution < 1.29 is 19.4 Å². The number of hydrogen-bond donors (Lipinski definition) is 2. The Morgan fingerprint density at radius 2 is 1.85 bits per heavy atom. The smallest absolute Gasteiger partial charge is 0.306 e. The van der Waals surface area contributed by atoms with Crippen molar-refractivity contribution in [2.45, 2.75) is 38.6 Å². The molecule has 2 rings (SSSR count). The van der Waals surface area contributed by atoms with Gasteiger partial charge in [-0.05, 0) is 43.5 Å². The number of rotatable bonds is 8. The van der Waals surface area contributed by atoms with Gasteiger partial charge in [0.1, 0.15) is 5.75 Å². The van der Waals surface area contributed by atoms with Crippen LogP contribution in [0.25, 0.3) is 0 Å². The Hall–Kier alpha value is -2.82. The molecule has 0 aliphatic heterocycles. The fraction of sp³-hybridized carbons (Fsp3) is 0.333. The second-order valence-electron chi connectivity index (χ2n) is 6.67. The maximum Gasteiger partial charge on any atom is 0.306 e. The summed E-state index contributed by atoms with van der Waals surface area (Å²) in [5, 5.41) is 12.2. The van der Waals surface area contributed by atoms with Gasteiger partial charge in [-0.15, -0.1) is 0 Å². The Balaban J connectivity index is 2.11. The molecule has 1 unspecified atom stereocenters. The van der Waals surface area contributed by atoms with Crippen molar-refractivity contribution in [3.63, 3.8) is 0 Å². The van der Waals surface area contributed by atoms with Crippen LogP contribution in [-0.4, -0.2) is 24.1 Å². The summed E-state index contributed by atoms with van der Waals surface area (Å²) in [5.74, 6) is -0.542. The van der Waals surface area contributed by atoms with Crippen LogP contribution in [0.2, 0.25) is 0 Å². The van der Waals surface area contributed by atoms with Gasteiger partial charge in [0.05, 0.1) is 19.1 Å². The molecule has 2 aromatic carbocycles. The Kier molecular flexibility index (Phi) is 6.39. The lowest BCUT2D eigenvalue weighted by atomic mass is 9.88. The molecule has 0 heterocycles. The van der Waals surface area contributed by atoms with Crippen LogP contribution in [-0.2, 0) is 21.5 Å². The van der Waals surface area contributed by atoms with E-state index in [0.29, 0.717) is 24.2 Å².